The number of nitrogens with one attached hydrogen (secondary N) is 3. The molecule has 8 heteroatoms. The van der Waals surface area contributed by atoms with Crippen LogP contribution in [0, 0.1) is 0 Å². The molecule has 1 saturated carbocycles. The molecule has 0 unspecified atom stereocenters. The molecule has 1 aliphatic carbocycles. The average Bonchev–Trinajstić information content (AvgIpc) is 3.14. The number of benzene rings is 1. The standard InChI is InChI=1S/C12H12F3N3O2/c13-12(14,15)10(19)16-7-1-3-8(4-2-7)17-11(20)18-9-5-6-9/h1-4,9H,5-6H2,(H,16,19)(H2,17,18,20). The summed E-state index contributed by atoms with van der Waals surface area (Å²) in [5.41, 5.74) is 0.425. The van der Waals surface area contributed by atoms with E-state index >= 15 is 0 Å². The van der Waals surface area contributed by atoms with Crippen molar-refractivity contribution in [2.75, 3.05) is 10.6 Å². The molecule has 0 bridgehead atoms. The molecule has 3 N–H and O–H groups in total. The van der Waals surface area contributed by atoms with Crippen molar-refractivity contribution in [2.45, 2.75) is 25.1 Å². The van der Waals surface area contributed by atoms with E-state index in [0.29, 0.717) is 5.69 Å². The molecule has 2 rings (SSSR count). The van der Waals surface area contributed by atoms with Crippen molar-refractivity contribution in [3.05, 3.63) is 24.3 Å². The molecule has 0 heterocycles. The molecule has 20 heavy (non-hydrogen) atoms. The van der Waals surface area contributed by atoms with Crippen molar-refractivity contribution in [2.24, 2.45) is 0 Å². The Kier molecular flexibility index (Phi) is 3.82. The normalized spacial score (nSPS) is 14.6. The zero-order valence-electron chi connectivity index (χ0n) is 10.3. The van der Waals surface area contributed by atoms with E-state index in [4.69, 9.17) is 0 Å². The predicted octanol–water partition coefficient (Wildman–Crippen LogP) is 2.47. The fourth-order valence-electron chi connectivity index (χ4n) is 1.42. The molecule has 0 radical (unpaired) electrons. The Hall–Kier alpha value is -2.25. The van der Waals surface area contributed by atoms with Crippen molar-refractivity contribution in [1.29, 1.82) is 0 Å². The molecule has 1 aromatic rings. The van der Waals surface area contributed by atoms with Crippen LogP contribution in [0.4, 0.5) is 29.3 Å². The summed E-state index contributed by atoms with van der Waals surface area (Å²) in [4.78, 5) is 22.1. The second kappa shape index (κ2) is 5.40. The minimum Gasteiger partial charge on any atom is -0.335 e. The zero-order valence-corrected chi connectivity index (χ0v) is 10.3. The van der Waals surface area contributed by atoms with Gasteiger partial charge in [0.25, 0.3) is 0 Å². The first kappa shape index (κ1) is 14.2. The molecule has 1 fully saturated rings. The molecule has 0 aliphatic heterocycles. The number of alkyl halides is 3. The highest BCUT2D eigenvalue weighted by Gasteiger charge is 2.38. The third-order valence-electron chi connectivity index (χ3n) is 2.57. The van der Waals surface area contributed by atoms with Gasteiger partial charge in [0.15, 0.2) is 0 Å². The van der Waals surface area contributed by atoms with Gasteiger partial charge in [-0.15, -0.1) is 0 Å². The number of rotatable bonds is 3. The lowest BCUT2D eigenvalue weighted by Gasteiger charge is -2.09. The van der Waals surface area contributed by atoms with Crippen LogP contribution >= 0.6 is 0 Å². The van der Waals surface area contributed by atoms with Crippen LogP contribution in [0.25, 0.3) is 0 Å². The predicted molar refractivity (Wildman–Crippen MR) is 66.3 cm³/mol. The molecular formula is C12H12F3N3O2. The van der Waals surface area contributed by atoms with Crippen molar-refractivity contribution in [3.8, 4) is 0 Å². The zero-order chi connectivity index (χ0) is 14.8. The topological polar surface area (TPSA) is 70.2 Å². The fourth-order valence-corrected chi connectivity index (χ4v) is 1.42. The molecule has 1 aliphatic rings. The molecule has 0 saturated heterocycles. The summed E-state index contributed by atoms with van der Waals surface area (Å²) in [5, 5.41) is 6.95. The van der Waals surface area contributed by atoms with Crippen molar-refractivity contribution in [1.82, 2.24) is 5.32 Å². The number of halogens is 3. The van der Waals surface area contributed by atoms with Gasteiger partial charge < -0.3 is 16.0 Å². The van der Waals surface area contributed by atoms with E-state index in [-0.39, 0.29) is 17.8 Å². The largest absolute Gasteiger partial charge is 0.471 e. The van der Waals surface area contributed by atoms with Gasteiger partial charge in [0.05, 0.1) is 0 Å². The monoisotopic (exact) mass is 287 g/mol. The molecule has 108 valence electrons. The van der Waals surface area contributed by atoms with Gasteiger partial charge in [-0.3, -0.25) is 4.79 Å². The Morgan fingerprint density at radius 3 is 1.95 bits per heavy atom. The maximum atomic E-state index is 12.0. The lowest BCUT2D eigenvalue weighted by Crippen LogP contribution is -2.30. The van der Waals surface area contributed by atoms with Gasteiger partial charge >= 0.3 is 18.1 Å². The highest BCUT2D eigenvalue weighted by atomic mass is 19.4. The van der Waals surface area contributed by atoms with Crippen LogP contribution in [0.3, 0.4) is 0 Å². The molecule has 1 aromatic carbocycles. The number of carbonyl (C=O) groups is 2. The highest BCUT2D eigenvalue weighted by molar-refractivity contribution is 5.95. The molecule has 0 aromatic heterocycles. The Balaban J connectivity index is 1.88. The van der Waals surface area contributed by atoms with Gasteiger partial charge in [-0.05, 0) is 37.1 Å². The molecule has 5 nitrogen and oxygen atoms in total. The van der Waals surface area contributed by atoms with Crippen LogP contribution in [0.1, 0.15) is 12.8 Å². The van der Waals surface area contributed by atoms with Crippen molar-refractivity contribution < 1.29 is 22.8 Å². The Morgan fingerprint density at radius 1 is 1.00 bits per heavy atom. The number of hydrogen-bond donors (Lipinski definition) is 3. The smallest absolute Gasteiger partial charge is 0.335 e. The number of hydrogen-bond acceptors (Lipinski definition) is 2. The second-order valence-electron chi connectivity index (χ2n) is 4.40. The van der Waals surface area contributed by atoms with Crippen LogP contribution in [-0.4, -0.2) is 24.2 Å². The van der Waals surface area contributed by atoms with Gasteiger partial charge in [0.2, 0.25) is 0 Å². The molecule has 0 spiro atoms. The van der Waals surface area contributed by atoms with E-state index in [0.717, 1.165) is 12.8 Å². The first-order chi connectivity index (χ1) is 9.34. The molecule has 0 atom stereocenters. The van der Waals surface area contributed by atoms with Gasteiger partial charge in [0.1, 0.15) is 0 Å². The second-order valence-corrected chi connectivity index (χ2v) is 4.40. The van der Waals surface area contributed by atoms with Gasteiger partial charge in [-0.2, -0.15) is 13.2 Å². The third-order valence-corrected chi connectivity index (χ3v) is 2.57. The maximum Gasteiger partial charge on any atom is 0.471 e. The van der Waals surface area contributed by atoms with Crippen LogP contribution < -0.4 is 16.0 Å². The summed E-state index contributed by atoms with van der Waals surface area (Å²) in [7, 11) is 0. The summed E-state index contributed by atoms with van der Waals surface area (Å²) in [5.74, 6) is -2.04. The van der Waals surface area contributed by atoms with Crippen LogP contribution in [0.15, 0.2) is 24.3 Å². The van der Waals surface area contributed by atoms with Crippen LogP contribution in [0.2, 0.25) is 0 Å². The Morgan fingerprint density at radius 2 is 1.50 bits per heavy atom. The minimum absolute atomic E-state index is 0.000441. The average molecular weight is 287 g/mol. The SMILES string of the molecule is O=C(Nc1ccc(NC(=O)C(F)(F)F)cc1)NC1CC1. The van der Waals surface area contributed by atoms with Crippen LogP contribution in [0.5, 0.6) is 0 Å². The summed E-state index contributed by atoms with van der Waals surface area (Å²) in [6, 6.07) is 5.20. The Bertz CT molecular complexity index is 510. The minimum atomic E-state index is -4.93. The summed E-state index contributed by atoms with van der Waals surface area (Å²) in [6.45, 7) is 0. The van der Waals surface area contributed by atoms with E-state index in [9.17, 15) is 22.8 Å². The Labute approximate surface area is 112 Å². The number of anilines is 2. The van der Waals surface area contributed by atoms with Crippen molar-refractivity contribution >= 4 is 23.3 Å². The number of amides is 3. The third kappa shape index (κ3) is 4.15. The fraction of sp³-hybridized carbons (Fsp3) is 0.333. The van der Waals surface area contributed by atoms with Gasteiger partial charge in [0, 0.05) is 17.4 Å². The van der Waals surface area contributed by atoms with Crippen molar-refractivity contribution in [3.63, 3.8) is 0 Å². The summed E-state index contributed by atoms with van der Waals surface area (Å²) in [6.07, 6.45) is -3.02. The lowest BCUT2D eigenvalue weighted by molar-refractivity contribution is -0.167. The van der Waals surface area contributed by atoms with Gasteiger partial charge in [-0.25, -0.2) is 4.79 Å². The lowest BCUT2D eigenvalue weighted by atomic mass is 10.3. The number of carbonyl (C=O) groups excluding carboxylic acids is 2. The quantitative estimate of drug-likeness (QED) is 0.799. The molecule has 3 amide bonds. The summed E-state index contributed by atoms with van der Waals surface area (Å²) >= 11 is 0. The van der Waals surface area contributed by atoms with E-state index in [1.807, 2.05) is 0 Å². The van der Waals surface area contributed by atoms with E-state index in [2.05, 4.69) is 10.6 Å². The van der Waals surface area contributed by atoms with E-state index in [1.54, 1.807) is 5.32 Å². The van der Waals surface area contributed by atoms with E-state index < -0.39 is 12.1 Å². The first-order valence-corrected chi connectivity index (χ1v) is 5.90. The first-order valence-electron chi connectivity index (χ1n) is 5.90. The number of urea groups is 1. The summed E-state index contributed by atoms with van der Waals surface area (Å²) < 4.78 is 36.1. The van der Waals surface area contributed by atoms with Crippen LogP contribution in [-0.2, 0) is 4.79 Å². The maximum absolute atomic E-state index is 12.0. The van der Waals surface area contributed by atoms with Gasteiger partial charge in [-0.1, -0.05) is 0 Å². The molecular weight excluding hydrogens is 275 g/mol. The highest BCUT2D eigenvalue weighted by Crippen LogP contribution is 2.20. The van der Waals surface area contributed by atoms with E-state index in [1.165, 1.54) is 24.3 Å².